The van der Waals surface area contributed by atoms with Gasteiger partial charge in [0.15, 0.2) is 0 Å². The molecular weight excluding hydrogens is 172 g/mol. The molecule has 0 saturated carbocycles. The van der Waals surface area contributed by atoms with E-state index in [1.54, 1.807) is 6.92 Å². The minimum Gasteiger partial charge on any atom is -0.466 e. The van der Waals surface area contributed by atoms with Crippen molar-refractivity contribution in [3.63, 3.8) is 0 Å². The molecule has 4 heteroatoms. The summed E-state index contributed by atoms with van der Waals surface area (Å²) in [7, 11) is 0. The van der Waals surface area contributed by atoms with Crippen molar-refractivity contribution in [2.45, 2.75) is 32.8 Å². The van der Waals surface area contributed by atoms with Gasteiger partial charge in [-0.2, -0.15) is 0 Å². The van der Waals surface area contributed by atoms with Gasteiger partial charge in [-0.3, -0.25) is 9.59 Å². The van der Waals surface area contributed by atoms with Crippen LogP contribution in [0.3, 0.4) is 0 Å². The molecule has 0 aliphatic carbocycles. The Hall–Kier alpha value is -1.06. The highest BCUT2D eigenvalue weighted by molar-refractivity contribution is 5.68. The van der Waals surface area contributed by atoms with E-state index in [2.05, 4.69) is 6.92 Å². The molecule has 1 atom stereocenters. The predicted octanol–water partition coefficient (Wildman–Crippen LogP) is 1.10. The Morgan fingerprint density at radius 2 is 2.08 bits per heavy atom. The minimum absolute atomic E-state index is 0.244. The van der Waals surface area contributed by atoms with Gasteiger partial charge in [-0.05, 0) is 6.92 Å². The van der Waals surface area contributed by atoms with E-state index in [4.69, 9.17) is 9.47 Å². The van der Waals surface area contributed by atoms with Crippen molar-refractivity contribution in [3.05, 3.63) is 6.92 Å². The lowest BCUT2D eigenvalue weighted by Gasteiger charge is -2.10. The SMILES string of the molecule is [CH2]C(CCOC(=O)CC)OC(C)=O. The van der Waals surface area contributed by atoms with Crippen molar-refractivity contribution < 1.29 is 19.1 Å². The molecule has 0 aliphatic heterocycles. The van der Waals surface area contributed by atoms with Crippen LogP contribution in [-0.2, 0) is 19.1 Å². The Kier molecular flexibility index (Phi) is 5.93. The Morgan fingerprint density at radius 3 is 2.54 bits per heavy atom. The maximum absolute atomic E-state index is 10.7. The molecule has 0 N–H and O–H groups in total. The second kappa shape index (κ2) is 6.46. The predicted molar refractivity (Wildman–Crippen MR) is 46.8 cm³/mol. The molecule has 0 bridgehead atoms. The first-order valence-electron chi connectivity index (χ1n) is 4.22. The van der Waals surface area contributed by atoms with Gasteiger partial charge in [-0.15, -0.1) is 0 Å². The normalized spacial score (nSPS) is 11.9. The Morgan fingerprint density at radius 1 is 1.46 bits per heavy atom. The Labute approximate surface area is 78.2 Å². The molecule has 1 unspecified atom stereocenters. The number of esters is 2. The fourth-order valence-electron chi connectivity index (χ4n) is 0.700. The van der Waals surface area contributed by atoms with E-state index in [0.29, 0.717) is 12.8 Å². The first-order chi connectivity index (χ1) is 6.06. The molecule has 0 saturated heterocycles. The number of carbonyl (C=O) groups excluding carboxylic acids is 2. The van der Waals surface area contributed by atoms with Crippen LogP contribution < -0.4 is 0 Å². The molecule has 13 heavy (non-hydrogen) atoms. The van der Waals surface area contributed by atoms with E-state index < -0.39 is 6.10 Å². The molecule has 1 radical (unpaired) electrons. The minimum atomic E-state index is -0.442. The van der Waals surface area contributed by atoms with Gasteiger partial charge < -0.3 is 9.47 Å². The van der Waals surface area contributed by atoms with Crippen LogP contribution in [0.15, 0.2) is 0 Å². The number of carbonyl (C=O) groups is 2. The van der Waals surface area contributed by atoms with Crippen LogP contribution in [-0.4, -0.2) is 24.6 Å². The zero-order valence-corrected chi connectivity index (χ0v) is 8.04. The molecule has 0 aromatic carbocycles. The van der Waals surface area contributed by atoms with Gasteiger partial charge in [0.2, 0.25) is 0 Å². The Balaban J connectivity index is 3.42. The maximum atomic E-state index is 10.7. The quantitative estimate of drug-likeness (QED) is 0.605. The van der Waals surface area contributed by atoms with Crippen LogP contribution in [0.5, 0.6) is 0 Å². The summed E-state index contributed by atoms with van der Waals surface area (Å²) in [6.07, 6.45) is 0.350. The van der Waals surface area contributed by atoms with Crippen LogP contribution in [0.25, 0.3) is 0 Å². The lowest BCUT2D eigenvalue weighted by Crippen LogP contribution is -2.16. The lowest BCUT2D eigenvalue weighted by molar-refractivity contribution is -0.147. The van der Waals surface area contributed by atoms with Crippen molar-refractivity contribution >= 4 is 11.9 Å². The molecule has 0 aromatic rings. The summed E-state index contributed by atoms with van der Waals surface area (Å²) in [5, 5.41) is 0. The molecule has 0 aliphatic rings. The van der Waals surface area contributed by atoms with E-state index in [0.717, 1.165) is 0 Å². The van der Waals surface area contributed by atoms with Gasteiger partial charge in [0, 0.05) is 19.8 Å². The topological polar surface area (TPSA) is 52.6 Å². The highest BCUT2D eigenvalue weighted by Crippen LogP contribution is 1.98. The standard InChI is InChI=1S/C9H15O4/c1-4-9(11)12-6-5-7(2)13-8(3)10/h7H,2,4-6H2,1,3H3. The van der Waals surface area contributed by atoms with E-state index in [-0.39, 0.29) is 18.5 Å². The molecule has 0 spiro atoms. The molecule has 4 nitrogen and oxygen atoms in total. The summed E-state index contributed by atoms with van der Waals surface area (Å²) in [6, 6.07) is 0. The van der Waals surface area contributed by atoms with Crippen LogP contribution in [0.1, 0.15) is 26.7 Å². The van der Waals surface area contributed by atoms with Crippen molar-refractivity contribution in [1.29, 1.82) is 0 Å². The van der Waals surface area contributed by atoms with Gasteiger partial charge in [-0.25, -0.2) is 0 Å². The van der Waals surface area contributed by atoms with E-state index in [1.807, 2.05) is 0 Å². The highest BCUT2D eigenvalue weighted by Gasteiger charge is 2.06. The Bertz CT molecular complexity index is 176. The molecule has 0 rings (SSSR count). The molecule has 0 fully saturated rings. The summed E-state index contributed by atoms with van der Waals surface area (Å²) in [6.45, 7) is 6.84. The van der Waals surface area contributed by atoms with Crippen LogP contribution in [0.4, 0.5) is 0 Å². The summed E-state index contributed by atoms with van der Waals surface area (Å²) < 4.78 is 9.50. The van der Waals surface area contributed by atoms with Gasteiger partial charge in [-0.1, -0.05) is 6.92 Å². The van der Waals surface area contributed by atoms with Crippen molar-refractivity contribution in [2.24, 2.45) is 0 Å². The maximum Gasteiger partial charge on any atom is 0.305 e. The van der Waals surface area contributed by atoms with Crippen LogP contribution in [0, 0.1) is 6.92 Å². The van der Waals surface area contributed by atoms with E-state index >= 15 is 0 Å². The third kappa shape index (κ3) is 7.31. The third-order valence-corrected chi connectivity index (χ3v) is 1.32. The summed E-state index contributed by atoms with van der Waals surface area (Å²) in [5.74, 6) is -0.628. The number of hydrogen-bond donors (Lipinski definition) is 0. The van der Waals surface area contributed by atoms with Gasteiger partial charge in [0.1, 0.15) is 6.10 Å². The van der Waals surface area contributed by atoms with E-state index in [1.165, 1.54) is 6.92 Å². The van der Waals surface area contributed by atoms with Crippen LogP contribution in [0.2, 0.25) is 0 Å². The molecule has 75 valence electrons. The lowest BCUT2D eigenvalue weighted by atomic mass is 10.3. The largest absolute Gasteiger partial charge is 0.466 e. The fraction of sp³-hybridized carbons (Fsp3) is 0.667. The molecule has 0 amide bonds. The second-order valence-electron chi connectivity index (χ2n) is 2.59. The smallest absolute Gasteiger partial charge is 0.305 e. The first kappa shape index (κ1) is 11.9. The zero-order valence-electron chi connectivity index (χ0n) is 8.04. The number of hydrogen-bond acceptors (Lipinski definition) is 4. The molecule has 0 heterocycles. The third-order valence-electron chi connectivity index (χ3n) is 1.32. The number of ether oxygens (including phenoxy) is 2. The first-order valence-corrected chi connectivity index (χ1v) is 4.22. The summed E-state index contributed by atoms with van der Waals surface area (Å²) >= 11 is 0. The highest BCUT2D eigenvalue weighted by atomic mass is 16.6. The van der Waals surface area contributed by atoms with Gasteiger partial charge >= 0.3 is 11.9 Å². The zero-order chi connectivity index (χ0) is 10.3. The molecular formula is C9H15O4. The average Bonchev–Trinajstić information content (AvgIpc) is 2.02. The monoisotopic (exact) mass is 187 g/mol. The van der Waals surface area contributed by atoms with Crippen molar-refractivity contribution in [2.75, 3.05) is 6.61 Å². The van der Waals surface area contributed by atoms with Crippen molar-refractivity contribution in [1.82, 2.24) is 0 Å². The summed E-state index contributed by atoms with van der Waals surface area (Å²) in [5.41, 5.74) is 0. The van der Waals surface area contributed by atoms with Crippen LogP contribution >= 0.6 is 0 Å². The number of rotatable bonds is 5. The molecule has 0 aromatic heterocycles. The van der Waals surface area contributed by atoms with Gasteiger partial charge in [0.05, 0.1) is 6.61 Å². The fourth-order valence-corrected chi connectivity index (χ4v) is 0.700. The average molecular weight is 187 g/mol. The van der Waals surface area contributed by atoms with Crippen molar-refractivity contribution in [3.8, 4) is 0 Å². The second-order valence-corrected chi connectivity index (χ2v) is 2.59. The van der Waals surface area contributed by atoms with E-state index in [9.17, 15) is 9.59 Å². The van der Waals surface area contributed by atoms with Gasteiger partial charge in [0.25, 0.3) is 0 Å². The summed E-state index contributed by atoms with van der Waals surface area (Å²) in [4.78, 5) is 21.1.